The van der Waals surface area contributed by atoms with E-state index in [4.69, 9.17) is 23.1 Å². The fourth-order valence-corrected chi connectivity index (χ4v) is 10.5. The van der Waals surface area contributed by atoms with Gasteiger partial charge in [-0.3, -0.25) is 9.59 Å². The van der Waals surface area contributed by atoms with Crippen LogP contribution in [0.5, 0.6) is 5.75 Å². The van der Waals surface area contributed by atoms with E-state index in [1.165, 1.54) is 0 Å². The van der Waals surface area contributed by atoms with E-state index in [0.29, 0.717) is 24.2 Å². The molecule has 0 amide bonds. The fraction of sp³-hybridized carbons (Fsp3) is 0.605. The second-order valence-corrected chi connectivity index (χ2v) is 28.0. The zero-order chi connectivity index (χ0) is 40.1. The molecule has 0 aromatic heterocycles. The van der Waals surface area contributed by atoms with Crippen LogP contribution < -0.4 is 4.74 Å². The molecule has 0 heterocycles. The van der Waals surface area contributed by atoms with Gasteiger partial charge in [-0.05, 0) is 92.9 Å². The van der Waals surface area contributed by atoms with Gasteiger partial charge in [0.1, 0.15) is 18.0 Å². The van der Waals surface area contributed by atoms with Crippen LogP contribution in [0, 0.1) is 22.7 Å². The first-order valence-corrected chi connectivity index (χ1v) is 25.6. The molecular weight excluding hydrogens is 717 g/mol. The first-order valence-electron chi connectivity index (χ1n) is 19.3. The number of Topliss-reactive ketones (excluding diaryl/α,β-unsaturated/α-hetero) is 2. The predicted molar refractivity (Wildman–Crippen MR) is 214 cm³/mol. The van der Waals surface area contributed by atoms with Crippen molar-refractivity contribution in [3.05, 3.63) is 77.4 Å². The van der Waals surface area contributed by atoms with Crippen molar-refractivity contribution in [3.63, 3.8) is 0 Å². The molecule has 0 aliphatic heterocycles. The monoisotopic (exact) mass is 778 g/mol. The summed E-state index contributed by atoms with van der Waals surface area (Å²) in [4.78, 5) is 44.7. The number of hydrogen-bond donors (Lipinski definition) is 1. The molecule has 5 rings (SSSR count). The summed E-state index contributed by atoms with van der Waals surface area (Å²) in [6, 6.07) is 16.1. The Morgan fingerprint density at radius 3 is 2.13 bits per heavy atom. The van der Waals surface area contributed by atoms with Crippen molar-refractivity contribution in [1.29, 1.82) is 0 Å². The number of hydrogen-bond acceptors (Lipinski definition) is 9. The van der Waals surface area contributed by atoms with Gasteiger partial charge in [-0.2, -0.15) is 0 Å². The Bertz CT molecular complexity index is 1720. The lowest BCUT2D eigenvalue weighted by Gasteiger charge is -2.62. The minimum atomic E-state index is -2.54. The minimum absolute atomic E-state index is 0.00254. The number of methoxy groups -OCH3 is 1. The number of aliphatic hydroxyl groups is 1. The van der Waals surface area contributed by atoms with Crippen molar-refractivity contribution < 1.29 is 42.6 Å². The molecule has 2 saturated carbocycles. The summed E-state index contributed by atoms with van der Waals surface area (Å²) in [6.45, 7) is 22.8. The van der Waals surface area contributed by atoms with E-state index in [2.05, 4.69) is 53.5 Å². The lowest BCUT2D eigenvalue weighted by Crippen LogP contribution is -2.75. The molecule has 9 nitrogen and oxygen atoms in total. The number of esters is 1. The number of benzene rings is 2. The first-order chi connectivity index (χ1) is 25.0. The maximum absolute atomic E-state index is 16.0. The molecule has 2 bridgehead atoms. The highest BCUT2D eigenvalue weighted by Crippen LogP contribution is 2.60. The van der Waals surface area contributed by atoms with Gasteiger partial charge >= 0.3 is 5.97 Å². The molecule has 3 aliphatic rings. The standard InChI is InChI=1S/C43H62O9Si2/c1-40(2,3)54(11,12)52-34-25-20-30(27-50-53(8,9)10)35-38(51-39(46)29-16-14-13-15-17-29)43(47)33(44)24-23-32(41(43,4)5)36(37(45)42(34,35)6)49-26-28-18-21-31(48-7)22-19-28/h13-22,32,34-36,38,47H,23-27H2,1-12H3/t32-,34+,35+,36-,38+,42-,43-/m1/s1. The summed E-state index contributed by atoms with van der Waals surface area (Å²) in [5.74, 6) is -2.14. The van der Waals surface area contributed by atoms with Gasteiger partial charge < -0.3 is 28.2 Å². The number of ketones is 2. The Balaban J connectivity index is 1.77. The van der Waals surface area contributed by atoms with Gasteiger partial charge in [0.2, 0.25) is 0 Å². The quantitative estimate of drug-likeness (QED) is 0.137. The SMILES string of the molecule is COc1ccc(CO[C@H]2C(=O)[C@]3(C)[C@@H](O[Si](C)(C)C(C)(C)C)CC=C(CO[Si](C)(C)C)[C@H]3[C@H](OC(=O)c3ccccc3)[C@]3(O)C(=O)CC[C@H]2C3(C)C)cc1. The lowest BCUT2D eigenvalue weighted by molar-refractivity contribution is -0.234. The molecule has 2 aromatic rings. The van der Waals surface area contributed by atoms with Crippen molar-refractivity contribution in [1.82, 2.24) is 0 Å². The molecule has 2 fully saturated rings. The molecular formula is C43H62O9Si2. The number of rotatable bonds is 11. The third kappa shape index (κ3) is 7.73. The summed E-state index contributed by atoms with van der Waals surface area (Å²) in [6.07, 6.45) is -0.355. The molecule has 3 aliphatic carbocycles. The van der Waals surface area contributed by atoms with Gasteiger partial charge in [-0.15, -0.1) is 0 Å². The molecule has 11 heteroatoms. The summed E-state index contributed by atoms with van der Waals surface area (Å²) >= 11 is 0. The molecule has 54 heavy (non-hydrogen) atoms. The Morgan fingerprint density at radius 1 is 0.926 bits per heavy atom. The van der Waals surface area contributed by atoms with E-state index in [0.717, 1.165) is 5.56 Å². The van der Waals surface area contributed by atoms with E-state index < -0.39 is 75.0 Å². The molecule has 0 spiro atoms. The van der Waals surface area contributed by atoms with Crippen LogP contribution in [0.3, 0.4) is 0 Å². The van der Waals surface area contributed by atoms with Crippen LogP contribution in [0.4, 0.5) is 0 Å². The lowest BCUT2D eigenvalue weighted by atomic mass is 9.46. The number of ether oxygens (including phenoxy) is 3. The van der Waals surface area contributed by atoms with Gasteiger partial charge in [-0.1, -0.05) is 71.0 Å². The number of carbonyl (C=O) groups excluding carboxylic acids is 3. The number of fused-ring (bicyclic) bond motifs is 3. The van der Waals surface area contributed by atoms with Crippen LogP contribution in [0.1, 0.15) is 76.7 Å². The second-order valence-electron chi connectivity index (χ2n) is 18.7. The normalized spacial score (nSPS) is 30.1. The van der Waals surface area contributed by atoms with E-state index in [9.17, 15) is 14.7 Å². The van der Waals surface area contributed by atoms with Crippen molar-refractivity contribution in [2.75, 3.05) is 13.7 Å². The van der Waals surface area contributed by atoms with E-state index >= 15 is 4.79 Å². The van der Waals surface area contributed by atoms with Gasteiger partial charge in [0.15, 0.2) is 33.8 Å². The van der Waals surface area contributed by atoms with Crippen LogP contribution in [-0.4, -0.2) is 76.9 Å². The average Bonchev–Trinajstić information content (AvgIpc) is 3.10. The third-order valence-electron chi connectivity index (χ3n) is 12.9. The smallest absolute Gasteiger partial charge is 0.338 e. The van der Waals surface area contributed by atoms with Crippen LogP contribution in [0.15, 0.2) is 66.2 Å². The molecule has 0 unspecified atom stereocenters. The summed E-state index contributed by atoms with van der Waals surface area (Å²) < 4.78 is 32.5. The van der Waals surface area contributed by atoms with Crippen molar-refractivity contribution in [2.24, 2.45) is 22.7 Å². The van der Waals surface area contributed by atoms with Crippen LogP contribution in [0.2, 0.25) is 37.8 Å². The Labute approximate surface area is 324 Å². The zero-order valence-electron chi connectivity index (χ0n) is 34.4. The molecule has 296 valence electrons. The average molecular weight is 779 g/mol. The highest BCUT2D eigenvalue weighted by Gasteiger charge is 2.72. The second kappa shape index (κ2) is 15.2. The largest absolute Gasteiger partial charge is 0.497 e. The Hall–Kier alpha value is -2.94. The maximum Gasteiger partial charge on any atom is 0.338 e. The Kier molecular flexibility index (Phi) is 11.9. The van der Waals surface area contributed by atoms with E-state index in [1.54, 1.807) is 37.4 Å². The van der Waals surface area contributed by atoms with E-state index in [1.807, 2.05) is 51.1 Å². The predicted octanol–water partition coefficient (Wildman–Crippen LogP) is 8.32. The highest BCUT2D eigenvalue weighted by atomic mass is 28.4. The van der Waals surface area contributed by atoms with Crippen molar-refractivity contribution >= 4 is 34.2 Å². The number of carbonyl (C=O) groups is 3. The third-order valence-corrected chi connectivity index (χ3v) is 18.4. The topological polar surface area (TPSA) is 118 Å². The van der Waals surface area contributed by atoms with Crippen LogP contribution in [0.25, 0.3) is 0 Å². The Morgan fingerprint density at radius 2 is 1.56 bits per heavy atom. The van der Waals surface area contributed by atoms with Crippen LogP contribution >= 0.6 is 0 Å². The fourth-order valence-electron chi connectivity index (χ4n) is 8.46. The zero-order valence-corrected chi connectivity index (χ0v) is 36.4. The van der Waals surface area contributed by atoms with E-state index in [-0.39, 0.29) is 36.0 Å². The highest BCUT2D eigenvalue weighted by molar-refractivity contribution is 6.74. The van der Waals surface area contributed by atoms with Gasteiger partial charge in [0.05, 0.1) is 37.4 Å². The molecule has 7 atom stereocenters. The maximum atomic E-state index is 16.0. The molecule has 2 aromatic carbocycles. The van der Waals surface area contributed by atoms with Crippen molar-refractivity contribution in [3.8, 4) is 5.75 Å². The summed E-state index contributed by atoms with van der Waals surface area (Å²) in [7, 11) is -3.05. The van der Waals surface area contributed by atoms with Crippen molar-refractivity contribution in [2.45, 2.75) is 129 Å². The molecule has 0 radical (unpaired) electrons. The summed E-state index contributed by atoms with van der Waals surface area (Å²) in [5.41, 5.74) is -3.01. The molecule has 1 N–H and O–H groups in total. The van der Waals surface area contributed by atoms with Gasteiger partial charge in [-0.25, -0.2) is 4.79 Å². The molecule has 0 saturated heterocycles. The minimum Gasteiger partial charge on any atom is -0.497 e. The first kappa shape index (κ1) is 42.2. The van der Waals surface area contributed by atoms with Gasteiger partial charge in [0, 0.05) is 23.7 Å². The van der Waals surface area contributed by atoms with Gasteiger partial charge in [0.25, 0.3) is 0 Å². The van der Waals surface area contributed by atoms with Crippen LogP contribution in [-0.2, 0) is 34.5 Å². The summed E-state index contributed by atoms with van der Waals surface area (Å²) in [5, 5.41) is 13.2.